The van der Waals surface area contributed by atoms with Crippen LogP contribution < -0.4 is 14.0 Å². The van der Waals surface area contributed by atoms with Gasteiger partial charge in [-0.25, -0.2) is 39.5 Å². The second kappa shape index (κ2) is 9.89. The lowest BCUT2D eigenvalue weighted by Gasteiger charge is -2.20. The van der Waals surface area contributed by atoms with E-state index in [0.717, 1.165) is 0 Å². The highest BCUT2D eigenvalue weighted by molar-refractivity contribution is 6.39. The molecular formula is C19H3BF14O3. The van der Waals surface area contributed by atoms with Crippen LogP contribution >= 0.6 is 0 Å². The van der Waals surface area contributed by atoms with Crippen LogP contribution in [0.2, 0.25) is 0 Å². The summed E-state index contributed by atoms with van der Waals surface area (Å²) in [4.78, 5) is 0. The fourth-order valence-corrected chi connectivity index (χ4v) is 2.60. The average molecular weight is 556 g/mol. The summed E-state index contributed by atoms with van der Waals surface area (Å²) >= 11 is 0. The van der Waals surface area contributed by atoms with Crippen molar-refractivity contribution in [3.8, 4) is 17.2 Å². The van der Waals surface area contributed by atoms with Crippen molar-refractivity contribution >= 4 is 7.32 Å². The van der Waals surface area contributed by atoms with E-state index >= 15 is 0 Å². The van der Waals surface area contributed by atoms with E-state index in [2.05, 4.69) is 14.0 Å². The van der Waals surface area contributed by atoms with Crippen LogP contribution in [0.1, 0.15) is 5.56 Å². The van der Waals surface area contributed by atoms with Gasteiger partial charge in [0.1, 0.15) is 0 Å². The van der Waals surface area contributed by atoms with Crippen LogP contribution in [0.15, 0.2) is 0 Å². The van der Waals surface area contributed by atoms with Crippen LogP contribution in [-0.4, -0.2) is 7.32 Å². The minimum atomic E-state index is -3.51. The van der Waals surface area contributed by atoms with Crippen LogP contribution in [-0.2, 0) is 0 Å². The molecule has 0 aromatic heterocycles. The predicted molar refractivity (Wildman–Crippen MR) is 91.1 cm³/mol. The van der Waals surface area contributed by atoms with Crippen molar-refractivity contribution in [2.75, 3.05) is 0 Å². The average Bonchev–Trinajstić information content (AvgIpc) is 2.88. The number of rotatable bonds is 6. The summed E-state index contributed by atoms with van der Waals surface area (Å²) in [6.07, 6.45) is 0. The molecular weight excluding hydrogens is 553 g/mol. The standard InChI is InChI=1S/C19H3BF14O3/c1-2-3(21)4(22)7(25)12(30)17(2)35-20(36-18-13(31)8(26)5(23)9(27)14(18)32)37-19-15(33)10(28)6(24)11(29)16(19)34/h1H3. The Morgan fingerprint density at radius 1 is 0.324 bits per heavy atom. The molecule has 0 spiro atoms. The van der Waals surface area contributed by atoms with Crippen molar-refractivity contribution in [1.29, 1.82) is 0 Å². The number of hydrogen-bond acceptors (Lipinski definition) is 3. The molecule has 18 heteroatoms. The monoisotopic (exact) mass is 556 g/mol. The van der Waals surface area contributed by atoms with Crippen LogP contribution in [0.3, 0.4) is 0 Å². The first-order chi connectivity index (χ1) is 17.1. The molecule has 0 radical (unpaired) electrons. The van der Waals surface area contributed by atoms with E-state index in [1.54, 1.807) is 0 Å². The second-order valence-corrected chi connectivity index (χ2v) is 6.65. The molecule has 0 aliphatic carbocycles. The molecule has 0 saturated heterocycles. The van der Waals surface area contributed by atoms with Gasteiger partial charge in [-0.15, -0.1) is 0 Å². The smallest absolute Gasteiger partial charge is 0.486 e. The molecule has 37 heavy (non-hydrogen) atoms. The summed E-state index contributed by atoms with van der Waals surface area (Å²) in [6.45, 7) is 0.462. The highest BCUT2D eigenvalue weighted by Gasteiger charge is 2.41. The van der Waals surface area contributed by atoms with Crippen molar-refractivity contribution in [3.05, 3.63) is 87.0 Å². The fraction of sp³-hybridized carbons (Fsp3) is 0.0526. The lowest BCUT2D eigenvalue weighted by molar-refractivity contribution is 0.253. The van der Waals surface area contributed by atoms with Crippen molar-refractivity contribution < 1.29 is 75.4 Å². The van der Waals surface area contributed by atoms with E-state index in [1.807, 2.05) is 0 Å². The summed E-state index contributed by atoms with van der Waals surface area (Å²) in [5.74, 6) is -43.8. The molecule has 0 aliphatic heterocycles. The van der Waals surface area contributed by atoms with Crippen molar-refractivity contribution in [2.24, 2.45) is 0 Å². The van der Waals surface area contributed by atoms with Crippen LogP contribution in [0, 0.1) is 88.4 Å². The van der Waals surface area contributed by atoms with Gasteiger partial charge in [-0.2, -0.15) is 22.0 Å². The van der Waals surface area contributed by atoms with E-state index in [-0.39, 0.29) is 0 Å². The van der Waals surface area contributed by atoms with Gasteiger partial charge in [0.15, 0.2) is 28.9 Å². The molecule has 0 atom stereocenters. The summed E-state index contributed by atoms with van der Waals surface area (Å²) in [6, 6.07) is 0. The first-order valence-electron chi connectivity index (χ1n) is 8.97. The lowest BCUT2D eigenvalue weighted by atomic mass is 10.1. The highest BCUT2D eigenvalue weighted by atomic mass is 19.2. The topological polar surface area (TPSA) is 27.7 Å². The third kappa shape index (κ3) is 4.55. The van der Waals surface area contributed by atoms with E-state index in [1.165, 1.54) is 0 Å². The Labute approximate surface area is 194 Å². The van der Waals surface area contributed by atoms with Gasteiger partial charge in [-0.05, 0) is 6.92 Å². The van der Waals surface area contributed by atoms with E-state index < -0.39 is 112 Å². The molecule has 3 aromatic carbocycles. The molecule has 0 bridgehead atoms. The largest absolute Gasteiger partial charge is 0.864 e. The Kier molecular flexibility index (Phi) is 7.41. The van der Waals surface area contributed by atoms with Gasteiger partial charge in [0, 0.05) is 5.56 Å². The summed E-state index contributed by atoms with van der Waals surface area (Å²) in [7, 11) is -3.51. The zero-order valence-corrected chi connectivity index (χ0v) is 17.1. The molecule has 0 fully saturated rings. The maximum absolute atomic E-state index is 14.2. The van der Waals surface area contributed by atoms with Gasteiger partial charge in [0.25, 0.3) is 0 Å². The number of benzene rings is 3. The normalized spacial score (nSPS) is 11.1. The molecule has 0 amide bonds. The van der Waals surface area contributed by atoms with Gasteiger partial charge in [0.2, 0.25) is 69.8 Å². The number of hydrogen-bond donors (Lipinski definition) is 0. The molecule has 198 valence electrons. The molecule has 0 unspecified atom stereocenters. The Morgan fingerprint density at radius 3 is 0.865 bits per heavy atom. The minimum absolute atomic E-state index is 0.462. The van der Waals surface area contributed by atoms with Crippen LogP contribution in [0.25, 0.3) is 0 Å². The Bertz CT molecular complexity index is 1170. The molecule has 0 heterocycles. The Balaban J connectivity index is 2.22. The van der Waals surface area contributed by atoms with Crippen molar-refractivity contribution in [3.63, 3.8) is 0 Å². The van der Waals surface area contributed by atoms with Gasteiger partial charge in [0.05, 0.1) is 0 Å². The third-order valence-electron chi connectivity index (χ3n) is 4.43. The van der Waals surface area contributed by atoms with Crippen molar-refractivity contribution in [1.82, 2.24) is 0 Å². The van der Waals surface area contributed by atoms with Gasteiger partial charge < -0.3 is 14.0 Å². The molecule has 3 nitrogen and oxygen atoms in total. The van der Waals surface area contributed by atoms with E-state index in [9.17, 15) is 61.5 Å². The summed E-state index contributed by atoms with van der Waals surface area (Å²) < 4.78 is 204. The lowest BCUT2D eigenvalue weighted by Crippen LogP contribution is -2.39. The van der Waals surface area contributed by atoms with Gasteiger partial charge >= 0.3 is 7.32 Å². The summed E-state index contributed by atoms with van der Waals surface area (Å²) in [5.41, 5.74) is -1.33. The molecule has 3 aromatic rings. The Morgan fingerprint density at radius 2 is 0.541 bits per heavy atom. The zero-order valence-electron chi connectivity index (χ0n) is 17.1. The minimum Gasteiger partial charge on any atom is -0.486 e. The predicted octanol–water partition coefficient (Wildman–Crippen LogP) is 6.46. The first kappa shape index (κ1) is 27.7. The second-order valence-electron chi connectivity index (χ2n) is 6.65. The first-order valence-corrected chi connectivity index (χ1v) is 8.97. The maximum atomic E-state index is 14.2. The van der Waals surface area contributed by atoms with E-state index in [4.69, 9.17) is 0 Å². The molecule has 0 saturated carbocycles. The highest BCUT2D eigenvalue weighted by Crippen LogP contribution is 2.35. The van der Waals surface area contributed by atoms with E-state index in [0.29, 0.717) is 6.92 Å². The third-order valence-corrected chi connectivity index (χ3v) is 4.43. The fourth-order valence-electron chi connectivity index (χ4n) is 2.60. The molecule has 3 rings (SSSR count). The SMILES string of the molecule is Cc1c(F)c(F)c(F)c(F)c1OB(Oc1c(F)c(F)c(F)c(F)c1F)Oc1c(F)c(F)c(F)c(F)c1F. The Hall–Kier alpha value is -3.86. The quantitative estimate of drug-likeness (QED) is 0.151. The van der Waals surface area contributed by atoms with Crippen LogP contribution in [0.4, 0.5) is 61.5 Å². The molecule has 0 aliphatic rings. The number of halogens is 14. The maximum Gasteiger partial charge on any atom is 0.864 e. The zero-order chi connectivity index (χ0) is 28.1. The van der Waals surface area contributed by atoms with Gasteiger partial charge in [-0.3, -0.25) is 0 Å². The van der Waals surface area contributed by atoms with Crippen LogP contribution in [0.5, 0.6) is 17.2 Å². The van der Waals surface area contributed by atoms with Gasteiger partial charge in [-0.1, -0.05) is 0 Å². The van der Waals surface area contributed by atoms with Crippen molar-refractivity contribution in [2.45, 2.75) is 6.92 Å². The molecule has 0 N–H and O–H groups in total. The summed E-state index contributed by atoms with van der Waals surface area (Å²) in [5, 5.41) is 0.